The zero-order chi connectivity index (χ0) is 20.9. The topological polar surface area (TPSA) is 51.6 Å². The highest BCUT2D eigenvalue weighted by molar-refractivity contribution is 5.65. The molecule has 0 aliphatic heterocycles. The van der Waals surface area contributed by atoms with Gasteiger partial charge in [-0.3, -0.25) is 0 Å². The molecule has 0 bridgehead atoms. The SMILES string of the molecule is CC(C)c1ncncc1-c1ccc(CC(C)c2cc(-c3ccccc3)ncn2)cc1. The predicted octanol–water partition coefficient (Wildman–Crippen LogP) is 6.07. The lowest BCUT2D eigenvalue weighted by Gasteiger charge is -2.14. The average Bonchev–Trinajstić information content (AvgIpc) is 2.80. The van der Waals surface area contributed by atoms with E-state index in [0.717, 1.165) is 40.2 Å². The van der Waals surface area contributed by atoms with Crippen molar-refractivity contribution >= 4 is 0 Å². The van der Waals surface area contributed by atoms with Gasteiger partial charge in [-0.2, -0.15) is 0 Å². The van der Waals surface area contributed by atoms with Gasteiger partial charge < -0.3 is 0 Å². The minimum absolute atomic E-state index is 0.299. The second-order valence-electron chi connectivity index (χ2n) is 7.97. The largest absolute Gasteiger partial charge is 0.244 e. The fourth-order valence-corrected chi connectivity index (χ4v) is 3.71. The standard InChI is InChI=1S/C26H26N4/c1-18(2)26-23(15-27-16-30-26)21-11-9-20(10-12-21)13-19(3)24-14-25(29-17-28-24)22-7-5-4-6-8-22/h4-12,14-19H,13H2,1-3H3. The van der Waals surface area contributed by atoms with Crippen LogP contribution in [-0.4, -0.2) is 19.9 Å². The third-order valence-electron chi connectivity index (χ3n) is 5.36. The Balaban J connectivity index is 1.52. The van der Waals surface area contributed by atoms with Gasteiger partial charge in [0.15, 0.2) is 0 Å². The summed E-state index contributed by atoms with van der Waals surface area (Å²) in [6, 6.07) is 21.1. The van der Waals surface area contributed by atoms with Crippen LogP contribution in [0.5, 0.6) is 0 Å². The molecule has 0 aliphatic rings. The molecule has 0 fully saturated rings. The van der Waals surface area contributed by atoms with E-state index in [4.69, 9.17) is 0 Å². The first kappa shape index (κ1) is 19.9. The van der Waals surface area contributed by atoms with Crippen LogP contribution in [0.2, 0.25) is 0 Å². The molecule has 0 spiro atoms. The maximum absolute atomic E-state index is 4.53. The molecular weight excluding hydrogens is 368 g/mol. The van der Waals surface area contributed by atoms with Crippen molar-refractivity contribution < 1.29 is 0 Å². The lowest BCUT2D eigenvalue weighted by Crippen LogP contribution is -2.02. The Morgan fingerprint density at radius 2 is 1.53 bits per heavy atom. The van der Waals surface area contributed by atoms with Crippen molar-refractivity contribution in [3.8, 4) is 22.4 Å². The van der Waals surface area contributed by atoms with E-state index in [-0.39, 0.29) is 0 Å². The molecule has 0 saturated carbocycles. The van der Waals surface area contributed by atoms with E-state index in [1.54, 1.807) is 12.7 Å². The van der Waals surface area contributed by atoms with Gasteiger partial charge in [0.1, 0.15) is 12.7 Å². The molecule has 4 heteroatoms. The molecule has 2 aromatic carbocycles. The van der Waals surface area contributed by atoms with Crippen LogP contribution in [0.3, 0.4) is 0 Å². The Kier molecular flexibility index (Phi) is 5.94. The normalized spacial score (nSPS) is 12.1. The van der Waals surface area contributed by atoms with Gasteiger partial charge in [0.2, 0.25) is 0 Å². The first-order valence-corrected chi connectivity index (χ1v) is 10.4. The van der Waals surface area contributed by atoms with Crippen molar-refractivity contribution in [1.82, 2.24) is 19.9 Å². The Morgan fingerprint density at radius 3 is 2.27 bits per heavy atom. The van der Waals surface area contributed by atoms with E-state index < -0.39 is 0 Å². The van der Waals surface area contributed by atoms with Crippen molar-refractivity contribution in [2.45, 2.75) is 39.0 Å². The van der Waals surface area contributed by atoms with Crippen molar-refractivity contribution in [1.29, 1.82) is 0 Å². The van der Waals surface area contributed by atoms with Crippen molar-refractivity contribution in [3.05, 3.63) is 96.5 Å². The van der Waals surface area contributed by atoms with Crippen LogP contribution in [0.15, 0.2) is 79.5 Å². The summed E-state index contributed by atoms with van der Waals surface area (Å²) in [6.07, 6.45) is 6.13. The number of hydrogen-bond donors (Lipinski definition) is 0. The van der Waals surface area contributed by atoms with Crippen LogP contribution in [0.1, 0.15) is 49.6 Å². The summed E-state index contributed by atoms with van der Waals surface area (Å²) in [5.74, 6) is 0.659. The Morgan fingerprint density at radius 1 is 0.767 bits per heavy atom. The zero-order valence-electron chi connectivity index (χ0n) is 17.7. The van der Waals surface area contributed by atoms with Gasteiger partial charge >= 0.3 is 0 Å². The maximum Gasteiger partial charge on any atom is 0.116 e. The molecule has 0 aliphatic carbocycles. The number of aromatic nitrogens is 4. The van der Waals surface area contributed by atoms with Crippen molar-refractivity contribution in [2.24, 2.45) is 0 Å². The van der Waals surface area contributed by atoms with E-state index in [1.165, 1.54) is 5.56 Å². The smallest absolute Gasteiger partial charge is 0.116 e. The lowest BCUT2D eigenvalue weighted by atomic mass is 9.94. The van der Waals surface area contributed by atoms with Gasteiger partial charge in [0.05, 0.1) is 11.4 Å². The summed E-state index contributed by atoms with van der Waals surface area (Å²) in [5.41, 5.74) is 7.78. The van der Waals surface area contributed by atoms with E-state index in [1.807, 2.05) is 24.4 Å². The molecule has 0 amide bonds. The molecule has 4 aromatic rings. The Bertz CT molecular complexity index is 1110. The summed E-state index contributed by atoms with van der Waals surface area (Å²) in [5, 5.41) is 0. The van der Waals surface area contributed by atoms with Gasteiger partial charge in [-0.15, -0.1) is 0 Å². The van der Waals surface area contributed by atoms with Crippen LogP contribution in [0.25, 0.3) is 22.4 Å². The van der Waals surface area contributed by atoms with Crippen LogP contribution in [0, 0.1) is 0 Å². The monoisotopic (exact) mass is 394 g/mol. The maximum atomic E-state index is 4.53. The van der Waals surface area contributed by atoms with Gasteiger partial charge in [0.25, 0.3) is 0 Å². The van der Waals surface area contributed by atoms with Crippen molar-refractivity contribution in [2.75, 3.05) is 0 Å². The lowest BCUT2D eigenvalue weighted by molar-refractivity contribution is 0.727. The highest BCUT2D eigenvalue weighted by atomic mass is 14.8. The highest BCUT2D eigenvalue weighted by Crippen LogP contribution is 2.28. The molecule has 2 heterocycles. The second-order valence-corrected chi connectivity index (χ2v) is 7.97. The van der Waals surface area contributed by atoms with Crippen LogP contribution < -0.4 is 0 Å². The van der Waals surface area contributed by atoms with E-state index in [0.29, 0.717) is 11.8 Å². The molecule has 30 heavy (non-hydrogen) atoms. The third-order valence-corrected chi connectivity index (χ3v) is 5.36. The summed E-state index contributed by atoms with van der Waals surface area (Å²) in [6.45, 7) is 6.54. The first-order chi connectivity index (χ1) is 14.6. The second kappa shape index (κ2) is 8.95. The number of benzene rings is 2. The Hall–Kier alpha value is -3.40. The molecule has 0 radical (unpaired) electrons. The summed E-state index contributed by atoms with van der Waals surface area (Å²) in [4.78, 5) is 17.7. The number of rotatable bonds is 6. The molecule has 1 atom stereocenters. The molecule has 1 unspecified atom stereocenters. The van der Waals surface area contributed by atoms with E-state index in [2.05, 4.69) is 83.2 Å². The predicted molar refractivity (Wildman–Crippen MR) is 121 cm³/mol. The molecule has 2 aromatic heterocycles. The molecule has 150 valence electrons. The van der Waals surface area contributed by atoms with Crippen LogP contribution >= 0.6 is 0 Å². The van der Waals surface area contributed by atoms with Crippen LogP contribution in [0.4, 0.5) is 0 Å². The van der Waals surface area contributed by atoms with Gasteiger partial charge in [-0.05, 0) is 29.5 Å². The summed E-state index contributed by atoms with van der Waals surface area (Å²) < 4.78 is 0. The van der Waals surface area contributed by atoms with E-state index >= 15 is 0 Å². The number of nitrogens with zero attached hydrogens (tertiary/aromatic N) is 4. The van der Waals surface area contributed by atoms with Crippen molar-refractivity contribution in [3.63, 3.8) is 0 Å². The molecule has 0 N–H and O–H groups in total. The fraction of sp³-hybridized carbons (Fsp3) is 0.231. The molecule has 4 rings (SSSR count). The summed E-state index contributed by atoms with van der Waals surface area (Å²) >= 11 is 0. The first-order valence-electron chi connectivity index (χ1n) is 10.4. The van der Waals surface area contributed by atoms with Gasteiger partial charge in [0, 0.05) is 28.9 Å². The van der Waals surface area contributed by atoms with Gasteiger partial charge in [-0.25, -0.2) is 19.9 Å². The molecular formula is C26H26N4. The zero-order valence-corrected chi connectivity index (χ0v) is 17.7. The summed E-state index contributed by atoms with van der Waals surface area (Å²) in [7, 11) is 0. The number of hydrogen-bond acceptors (Lipinski definition) is 4. The minimum atomic E-state index is 0.299. The molecule has 4 nitrogen and oxygen atoms in total. The fourth-order valence-electron chi connectivity index (χ4n) is 3.71. The third kappa shape index (κ3) is 4.43. The quantitative estimate of drug-likeness (QED) is 0.398. The van der Waals surface area contributed by atoms with E-state index in [9.17, 15) is 0 Å². The average molecular weight is 395 g/mol. The van der Waals surface area contributed by atoms with Gasteiger partial charge in [-0.1, -0.05) is 75.4 Å². The highest BCUT2D eigenvalue weighted by Gasteiger charge is 2.13. The Labute approximate surface area is 178 Å². The molecule has 0 saturated heterocycles. The van der Waals surface area contributed by atoms with Crippen LogP contribution in [-0.2, 0) is 6.42 Å². The minimum Gasteiger partial charge on any atom is -0.244 e.